The maximum absolute atomic E-state index is 11.8. The Labute approximate surface area is 101 Å². The van der Waals surface area contributed by atoms with Gasteiger partial charge in [-0.1, -0.05) is 0 Å². The van der Waals surface area contributed by atoms with Crippen LogP contribution in [-0.2, 0) is 14.6 Å². The average molecular weight is 256 g/mol. The predicted molar refractivity (Wildman–Crippen MR) is 66.2 cm³/mol. The maximum atomic E-state index is 11.8. The first-order valence-corrected chi connectivity index (χ1v) is 6.84. The van der Waals surface area contributed by atoms with Gasteiger partial charge in [0.25, 0.3) is 0 Å². The van der Waals surface area contributed by atoms with Crippen LogP contribution in [-0.4, -0.2) is 26.1 Å². The van der Waals surface area contributed by atoms with Crippen molar-refractivity contribution in [1.82, 2.24) is 5.32 Å². The van der Waals surface area contributed by atoms with Gasteiger partial charge in [0.2, 0.25) is 5.91 Å². The van der Waals surface area contributed by atoms with Gasteiger partial charge in [-0.25, -0.2) is 8.42 Å². The molecule has 3 N–H and O–H groups in total. The molecule has 0 bridgehead atoms. The number of nitrogens with two attached hydrogens (primary N) is 1. The normalized spacial score (nSPS) is 11.5. The number of nitrogen functional groups attached to an aromatic ring is 1. The van der Waals surface area contributed by atoms with E-state index in [1.807, 2.05) is 0 Å². The number of benzene rings is 1. The van der Waals surface area contributed by atoms with Crippen molar-refractivity contribution in [1.29, 1.82) is 0 Å². The highest BCUT2D eigenvalue weighted by atomic mass is 32.2. The Morgan fingerprint density at radius 3 is 2.29 bits per heavy atom. The topological polar surface area (TPSA) is 89.3 Å². The number of anilines is 1. The molecule has 0 heterocycles. The van der Waals surface area contributed by atoms with E-state index in [0.29, 0.717) is 5.69 Å². The SMILES string of the molecule is CC(C)NC(=O)CS(=O)(=O)c1ccc(N)cc1. The Hall–Kier alpha value is -1.56. The van der Waals surface area contributed by atoms with Crippen LogP contribution in [0.1, 0.15) is 13.8 Å². The zero-order chi connectivity index (χ0) is 13.1. The molecule has 0 aliphatic carbocycles. The Kier molecular flexibility index (Phi) is 4.11. The number of nitrogens with one attached hydrogen (secondary N) is 1. The minimum absolute atomic E-state index is 0.0795. The van der Waals surface area contributed by atoms with Gasteiger partial charge in [0.15, 0.2) is 9.84 Å². The third-order valence-corrected chi connectivity index (χ3v) is 3.64. The van der Waals surface area contributed by atoms with E-state index in [9.17, 15) is 13.2 Å². The first-order valence-electron chi connectivity index (χ1n) is 5.19. The van der Waals surface area contributed by atoms with E-state index in [2.05, 4.69) is 5.32 Å². The maximum Gasteiger partial charge on any atom is 0.235 e. The fraction of sp³-hybridized carbons (Fsp3) is 0.364. The monoisotopic (exact) mass is 256 g/mol. The molecule has 1 rings (SSSR count). The molecule has 1 amide bonds. The van der Waals surface area contributed by atoms with Crippen molar-refractivity contribution in [3.05, 3.63) is 24.3 Å². The van der Waals surface area contributed by atoms with Crippen molar-refractivity contribution in [2.24, 2.45) is 0 Å². The molecular weight excluding hydrogens is 240 g/mol. The fourth-order valence-electron chi connectivity index (χ4n) is 1.29. The van der Waals surface area contributed by atoms with Crippen molar-refractivity contribution < 1.29 is 13.2 Å². The molecule has 0 unspecified atom stereocenters. The molecule has 0 aliphatic rings. The zero-order valence-electron chi connectivity index (χ0n) is 9.80. The highest BCUT2D eigenvalue weighted by Crippen LogP contribution is 2.13. The first kappa shape index (κ1) is 13.5. The van der Waals surface area contributed by atoms with Gasteiger partial charge in [-0.3, -0.25) is 4.79 Å². The Morgan fingerprint density at radius 2 is 1.82 bits per heavy atom. The Balaban J connectivity index is 2.82. The lowest BCUT2D eigenvalue weighted by molar-refractivity contribution is -0.119. The van der Waals surface area contributed by atoms with Crippen molar-refractivity contribution in [3.8, 4) is 0 Å². The van der Waals surface area contributed by atoms with Crippen LogP contribution in [0.25, 0.3) is 0 Å². The third-order valence-electron chi connectivity index (χ3n) is 2.01. The molecule has 0 fully saturated rings. The summed E-state index contributed by atoms with van der Waals surface area (Å²) in [5.74, 6) is -1.05. The molecule has 94 valence electrons. The molecule has 0 aliphatic heterocycles. The van der Waals surface area contributed by atoms with Gasteiger partial charge in [0.05, 0.1) is 4.90 Å². The van der Waals surface area contributed by atoms with Gasteiger partial charge in [0, 0.05) is 11.7 Å². The van der Waals surface area contributed by atoms with E-state index in [4.69, 9.17) is 5.73 Å². The molecule has 0 saturated heterocycles. The van der Waals surface area contributed by atoms with Crippen molar-refractivity contribution in [2.75, 3.05) is 11.5 Å². The number of rotatable bonds is 4. The molecule has 6 heteroatoms. The number of hydrogen-bond donors (Lipinski definition) is 2. The van der Waals surface area contributed by atoms with E-state index in [1.165, 1.54) is 24.3 Å². The standard InChI is InChI=1S/C11H16N2O3S/c1-8(2)13-11(14)7-17(15,16)10-5-3-9(12)4-6-10/h3-6,8H,7,12H2,1-2H3,(H,13,14). The molecule has 1 aromatic rings. The fourth-order valence-corrected chi connectivity index (χ4v) is 2.44. The van der Waals surface area contributed by atoms with Crippen LogP contribution in [0.2, 0.25) is 0 Å². The number of hydrogen-bond acceptors (Lipinski definition) is 4. The van der Waals surface area contributed by atoms with Crippen LogP contribution < -0.4 is 11.1 Å². The first-order chi connectivity index (χ1) is 7.81. The summed E-state index contributed by atoms with van der Waals surface area (Å²) >= 11 is 0. The zero-order valence-corrected chi connectivity index (χ0v) is 10.6. The van der Waals surface area contributed by atoms with Crippen LogP contribution in [0.3, 0.4) is 0 Å². The summed E-state index contributed by atoms with van der Waals surface area (Å²) in [6.07, 6.45) is 0. The number of carbonyl (C=O) groups is 1. The van der Waals surface area contributed by atoms with Crippen molar-refractivity contribution in [2.45, 2.75) is 24.8 Å². The summed E-state index contributed by atoms with van der Waals surface area (Å²) in [5, 5.41) is 2.54. The summed E-state index contributed by atoms with van der Waals surface area (Å²) in [7, 11) is -3.59. The summed E-state index contributed by atoms with van der Waals surface area (Å²) in [6.45, 7) is 3.54. The largest absolute Gasteiger partial charge is 0.399 e. The summed E-state index contributed by atoms with van der Waals surface area (Å²) in [5.41, 5.74) is 5.95. The Morgan fingerprint density at radius 1 is 1.29 bits per heavy atom. The molecule has 0 aromatic heterocycles. The molecular formula is C11H16N2O3S. The van der Waals surface area contributed by atoms with E-state index < -0.39 is 21.5 Å². The summed E-state index contributed by atoms with van der Waals surface area (Å²) in [4.78, 5) is 11.5. The van der Waals surface area contributed by atoms with Crippen molar-refractivity contribution in [3.63, 3.8) is 0 Å². The Bertz CT molecular complexity index is 492. The molecule has 0 saturated carbocycles. The van der Waals surface area contributed by atoms with E-state index in [-0.39, 0.29) is 10.9 Å². The molecule has 0 radical (unpaired) electrons. The third kappa shape index (κ3) is 4.07. The summed E-state index contributed by atoms with van der Waals surface area (Å²) in [6, 6.07) is 5.70. The second kappa shape index (κ2) is 5.18. The van der Waals surface area contributed by atoms with Gasteiger partial charge in [0.1, 0.15) is 5.75 Å². The van der Waals surface area contributed by atoms with Gasteiger partial charge in [-0.2, -0.15) is 0 Å². The van der Waals surface area contributed by atoms with Crippen LogP contribution in [0.15, 0.2) is 29.2 Å². The molecule has 17 heavy (non-hydrogen) atoms. The molecule has 1 aromatic carbocycles. The van der Waals surface area contributed by atoms with E-state index in [1.54, 1.807) is 13.8 Å². The van der Waals surface area contributed by atoms with Crippen LogP contribution >= 0.6 is 0 Å². The highest BCUT2D eigenvalue weighted by molar-refractivity contribution is 7.92. The van der Waals surface area contributed by atoms with Crippen LogP contribution in [0.5, 0.6) is 0 Å². The number of carbonyl (C=O) groups excluding carboxylic acids is 1. The molecule has 0 spiro atoms. The molecule has 5 nitrogen and oxygen atoms in total. The van der Waals surface area contributed by atoms with Gasteiger partial charge < -0.3 is 11.1 Å². The van der Waals surface area contributed by atoms with Gasteiger partial charge in [-0.15, -0.1) is 0 Å². The van der Waals surface area contributed by atoms with E-state index in [0.717, 1.165) is 0 Å². The lowest BCUT2D eigenvalue weighted by Crippen LogP contribution is -2.35. The minimum Gasteiger partial charge on any atom is -0.399 e. The highest BCUT2D eigenvalue weighted by Gasteiger charge is 2.19. The quantitative estimate of drug-likeness (QED) is 0.771. The smallest absolute Gasteiger partial charge is 0.235 e. The lowest BCUT2D eigenvalue weighted by Gasteiger charge is -2.08. The second-order valence-electron chi connectivity index (χ2n) is 4.05. The van der Waals surface area contributed by atoms with Gasteiger partial charge in [-0.05, 0) is 38.1 Å². The second-order valence-corrected chi connectivity index (χ2v) is 6.04. The average Bonchev–Trinajstić information content (AvgIpc) is 2.15. The van der Waals surface area contributed by atoms with Crippen LogP contribution in [0.4, 0.5) is 5.69 Å². The summed E-state index contributed by atoms with van der Waals surface area (Å²) < 4.78 is 23.7. The number of amides is 1. The predicted octanol–water partition coefficient (Wildman–Crippen LogP) is 0.567. The van der Waals surface area contributed by atoms with Crippen LogP contribution in [0, 0.1) is 0 Å². The molecule has 0 atom stereocenters. The van der Waals surface area contributed by atoms with Crippen molar-refractivity contribution >= 4 is 21.4 Å². The lowest BCUT2D eigenvalue weighted by atomic mass is 10.3. The number of sulfone groups is 1. The van der Waals surface area contributed by atoms with E-state index >= 15 is 0 Å². The minimum atomic E-state index is -3.59. The van der Waals surface area contributed by atoms with Gasteiger partial charge >= 0.3 is 0 Å².